The van der Waals surface area contributed by atoms with Crippen LogP contribution in [0.3, 0.4) is 0 Å². The Hall–Kier alpha value is -1.02. The summed E-state index contributed by atoms with van der Waals surface area (Å²) in [5, 5.41) is 3.67. The predicted octanol–water partition coefficient (Wildman–Crippen LogP) is 4.14. The summed E-state index contributed by atoms with van der Waals surface area (Å²) in [7, 11) is 0. The minimum Gasteiger partial charge on any atom is -0.494 e. The standard InChI is InChI=1S/C17H27NO/c1-3-11-19-17-10-6-7-15(12-17)13-18-14(2)16-8-4-5-9-16/h6-7,10,12,14,16,18H,3-5,8-9,11,13H2,1-2H3/t14-/m0/s1. The van der Waals surface area contributed by atoms with Gasteiger partial charge in [-0.3, -0.25) is 0 Å². The molecule has 106 valence electrons. The highest BCUT2D eigenvalue weighted by molar-refractivity contribution is 5.28. The fourth-order valence-corrected chi connectivity index (χ4v) is 2.87. The summed E-state index contributed by atoms with van der Waals surface area (Å²) in [6.45, 7) is 6.21. The van der Waals surface area contributed by atoms with Crippen LogP contribution in [0.25, 0.3) is 0 Å². The lowest BCUT2D eigenvalue weighted by atomic mass is 9.99. The van der Waals surface area contributed by atoms with Gasteiger partial charge in [0.1, 0.15) is 5.75 Å². The normalized spacial score (nSPS) is 17.6. The number of ether oxygens (including phenoxy) is 1. The van der Waals surface area contributed by atoms with Crippen LogP contribution in [0.2, 0.25) is 0 Å². The molecular weight excluding hydrogens is 234 g/mol. The Morgan fingerprint density at radius 1 is 1.32 bits per heavy atom. The molecule has 2 rings (SSSR count). The molecule has 0 amide bonds. The van der Waals surface area contributed by atoms with Gasteiger partial charge in [0.05, 0.1) is 6.61 Å². The van der Waals surface area contributed by atoms with E-state index < -0.39 is 0 Å². The van der Waals surface area contributed by atoms with E-state index >= 15 is 0 Å². The zero-order valence-corrected chi connectivity index (χ0v) is 12.3. The maximum Gasteiger partial charge on any atom is 0.119 e. The van der Waals surface area contributed by atoms with Gasteiger partial charge in [0, 0.05) is 12.6 Å². The maximum atomic E-state index is 5.67. The van der Waals surface area contributed by atoms with Crippen LogP contribution in [0, 0.1) is 5.92 Å². The molecule has 0 spiro atoms. The van der Waals surface area contributed by atoms with E-state index in [1.165, 1.54) is 31.2 Å². The van der Waals surface area contributed by atoms with Gasteiger partial charge in [0.25, 0.3) is 0 Å². The number of benzene rings is 1. The van der Waals surface area contributed by atoms with Gasteiger partial charge >= 0.3 is 0 Å². The molecule has 19 heavy (non-hydrogen) atoms. The molecule has 1 aromatic carbocycles. The number of hydrogen-bond donors (Lipinski definition) is 1. The highest BCUT2D eigenvalue weighted by atomic mass is 16.5. The third-order valence-corrected chi connectivity index (χ3v) is 4.11. The highest BCUT2D eigenvalue weighted by Gasteiger charge is 2.20. The summed E-state index contributed by atoms with van der Waals surface area (Å²) in [5.74, 6) is 1.87. The topological polar surface area (TPSA) is 21.3 Å². The largest absolute Gasteiger partial charge is 0.494 e. The molecule has 1 fully saturated rings. The van der Waals surface area contributed by atoms with E-state index in [1.807, 2.05) is 6.07 Å². The van der Waals surface area contributed by atoms with Gasteiger partial charge < -0.3 is 10.1 Å². The summed E-state index contributed by atoms with van der Waals surface area (Å²) in [6.07, 6.45) is 6.68. The summed E-state index contributed by atoms with van der Waals surface area (Å²) < 4.78 is 5.67. The molecule has 1 atom stereocenters. The van der Waals surface area contributed by atoms with Crippen LogP contribution in [0.4, 0.5) is 0 Å². The Labute approximate surface area is 117 Å². The first-order valence-electron chi connectivity index (χ1n) is 7.74. The molecule has 0 unspecified atom stereocenters. The molecular formula is C17H27NO. The zero-order chi connectivity index (χ0) is 13.5. The van der Waals surface area contributed by atoms with Gasteiger partial charge in [-0.1, -0.05) is 31.9 Å². The van der Waals surface area contributed by atoms with E-state index in [9.17, 15) is 0 Å². The van der Waals surface area contributed by atoms with Crippen LogP contribution in [0.15, 0.2) is 24.3 Å². The third-order valence-electron chi connectivity index (χ3n) is 4.11. The molecule has 0 heterocycles. The second-order valence-corrected chi connectivity index (χ2v) is 5.71. The van der Waals surface area contributed by atoms with E-state index in [-0.39, 0.29) is 0 Å². The average Bonchev–Trinajstić information content (AvgIpc) is 2.97. The highest BCUT2D eigenvalue weighted by Crippen LogP contribution is 2.27. The lowest BCUT2D eigenvalue weighted by molar-refractivity contribution is 0.316. The molecule has 1 N–H and O–H groups in total. The maximum absolute atomic E-state index is 5.67. The molecule has 1 saturated carbocycles. The van der Waals surface area contributed by atoms with Crippen molar-refractivity contribution in [3.63, 3.8) is 0 Å². The monoisotopic (exact) mass is 261 g/mol. The summed E-state index contributed by atoms with van der Waals surface area (Å²) >= 11 is 0. The van der Waals surface area contributed by atoms with Crippen LogP contribution in [-0.2, 0) is 6.54 Å². The van der Waals surface area contributed by atoms with Gasteiger partial charge in [-0.25, -0.2) is 0 Å². The third kappa shape index (κ3) is 4.54. The second-order valence-electron chi connectivity index (χ2n) is 5.71. The van der Waals surface area contributed by atoms with Crippen molar-refractivity contribution < 1.29 is 4.74 Å². The Balaban J connectivity index is 1.81. The molecule has 0 aromatic heterocycles. The van der Waals surface area contributed by atoms with Crippen molar-refractivity contribution in [3.8, 4) is 5.75 Å². The SMILES string of the molecule is CCCOc1cccc(CN[C@@H](C)C2CCCC2)c1. The van der Waals surface area contributed by atoms with Gasteiger partial charge in [-0.05, 0) is 49.8 Å². The van der Waals surface area contributed by atoms with Crippen molar-refractivity contribution >= 4 is 0 Å². The van der Waals surface area contributed by atoms with Gasteiger partial charge in [-0.2, -0.15) is 0 Å². The summed E-state index contributed by atoms with van der Waals surface area (Å²) in [6, 6.07) is 9.08. The van der Waals surface area contributed by atoms with Crippen molar-refractivity contribution in [1.29, 1.82) is 0 Å². The van der Waals surface area contributed by atoms with Gasteiger partial charge in [-0.15, -0.1) is 0 Å². The van der Waals surface area contributed by atoms with Crippen molar-refractivity contribution in [3.05, 3.63) is 29.8 Å². The van der Waals surface area contributed by atoms with E-state index in [0.717, 1.165) is 31.2 Å². The van der Waals surface area contributed by atoms with Crippen LogP contribution in [0.5, 0.6) is 5.75 Å². The van der Waals surface area contributed by atoms with Crippen LogP contribution in [0.1, 0.15) is 51.5 Å². The fraction of sp³-hybridized carbons (Fsp3) is 0.647. The van der Waals surface area contributed by atoms with Crippen LogP contribution < -0.4 is 10.1 Å². The first-order valence-corrected chi connectivity index (χ1v) is 7.74. The van der Waals surface area contributed by atoms with Gasteiger partial charge in [0.15, 0.2) is 0 Å². The van der Waals surface area contributed by atoms with Crippen molar-refractivity contribution in [2.24, 2.45) is 5.92 Å². The van der Waals surface area contributed by atoms with E-state index in [1.54, 1.807) is 0 Å². The molecule has 0 bridgehead atoms. The Morgan fingerprint density at radius 2 is 2.11 bits per heavy atom. The molecule has 0 aliphatic heterocycles. The molecule has 1 aliphatic carbocycles. The Bertz CT molecular complexity index is 371. The molecule has 1 aliphatic rings. The lowest BCUT2D eigenvalue weighted by Gasteiger charge is -2.20. The smallest absolute Gasteiger partial charge is 0.119 e. The van der Waals surface area contributed by atoms with E-state index in [4.69, 9.17) is 4.74 Å². The zero-order valence-electron chi connectivity index (χ0n) is 12.3. The van der Waals surface area contributed by atoms with Crippen LogP contribution in [-0.4, -0.2) is 12.6 Å². The average molecular weight is 261 g/mol. The molecule has 1 aromatic rings. The van der Waals surface area contributed by atoms with E-state index in [2.05, 4.69) is 37.4 Å². The summed E-state index contributed by atoms with van der Waals surface area (Å²) in [5.41, 5.74) is 1.32. The van der Waals surface area contributed by atoms with E-state index in [0.29, 0.717) is 6.04 Å². The molecule has 0 radical (unpaired) electrons. The minimum atomic E-state index is 0.628. The van der Waals surface area contributed by atoms with Gasteiger partial charge in [0.2, 0.25) is 0 Å². The van der Waals surface area contributed by atoms with Crippen molar-refractivity contribution in [2.45, 2.75) is 58.5 Å². The van der Waals surface area contributed by atoms with Crippen molar-refractivity contribution in [2.75, 3.05) is 6.61 Å². The second kappa shape index (κ2) is 7.54. The molecule has 2 nitrogen and oxygen atoms in total. The predicted molar refractivity (Wildman–Crippen MR) is 80.5 cm³/mol. The number of hydrogen-bond acceptors (Lipinski definition) is 2. The first kappa shape index (κ1) is 14.4. The molecule has 0 saturated heterocycles. The lowest BCUT2D eigenvalue weighted by Crippen LogP contribution is -2.31. The number of nitrogens with one attached hydrogen (secondary N) is 1. The molecule has 2 heteroatoms. The Morgan fingerprint density at radius 3 is 2.84 bits per heavy atom. The van der Waals surface area contributed by atoms with Crippen LogP contribution >= 0.6 is 0 Å². The van der Waals surface area contributed by atoms with Crippen molar-refractivity contribution in [1.82, 2.24) is 5.32 Å². The fourth-order valence-electron chi connectivity index (χ4n) is 2.87. The Kier molecular flexibility index (Phi) is 5.71. The number of rotatable bonds is 7. The quantitative estimate of drug-likeness (QED) is 0.796. The first-order chi connectivity index (χ1) is 9.29. The summed E-state index contributed by atoms with van der Waals surface area (Å²) in [4.78, 5) is 0. The minimum absolute atomic E-state index is 0.628.